The van der Waals surface area contributed by atoms with Gasteiger partial charge in [-0.05, 0) is 77.0 Å². The summed E-state index contributed by atoms with van der Waals surface area (Å²) in [4.78, 5) is 28.4. The van der Waals surface area contributed by atoms with Gasteiger partial charge in [0.05, 0.1) is 38.5 Å². The van der Waals surface area contributed by atoms with Crippen molar-refractivity contribution in [1.29, 1.82) is 0 Å². The minimum Gasteiger partial charge on any atom is -0.790 e. The number of hydrogen-bond acceptors (Lipinski definition) is 6. The second-order valence-electron chi connectivity index (χ2n) is 8.60. The average Bonchev–Trinajstić information content (AvgIpc) is 2.69. The molecule has 15 N–H and O–H groups in total. The van der Waals surface area contributed by atoms with Gasteiger partial charge in [-0.2, -0.15) is 0 Å². The Kier molecular flexibility index (Phi) is 29.3. The van der Waals surface area contributed by atoms with E-state index in [1.54, 1.807) is 0 Å². The topological polar surface area (TPSA) is 290 Å². The first-order valence-electron chi connectivity index (χ1n) is 11.5. The summed E-state index contributed by atoms with van der Waals surface area (Å²) in [7, 11) is -5.14. The first kappa shape index (κ1) is 39.5. The van der Waals surface area contributed by atoms with E-state index in [1.165, 1.54) is 96.3 Å². The van der Waals surface area contributed by atoms with Crippen LogP contribution in [-0.2, 0) is 13.9 Å². The van der Waals surface area contributed by atoms with Crippen LogP contribution in [-0.4, -0.2) is 47.1 Å². The Hall–Kier alpha value is -0.660. The lowest BCUT2D eigenvalue weighted by molar-refractivity contribution is -0.425. The van der Waals surface area contributed by atoms with E-state index in [0.29, 0.717) is 0 Å². The number of hydrogen-bond donors (Lipinski definition) is 3. The lowest BCUT2D eigenvalue weighted by Crippen LogP contribution is -2.61. The monoisotopic (exact) mass is 507 g/mol. The smallest absolute Gasteiger partial charge is 0.0913 e. The molecule has 204 valence electrons. The lowest BCUT2D eigenvalue weighted by atomic mass is 9.97. The van der Waals surface area contributed by atoms with Crippen molar-refractivity contribution in [3.05, 3.63) is 0 Å². The summed E-state index contributed by atoms with van der Waals surface area (Å²) in [6.45, 7) is -1.22. The quantitative estimate of drug-likeness (QED) is 0.318. The fraction of sp³-hybridized carbons (Fsp3) is 0.950. The van der Waals surface area contributed by atoms with Gasteiger partial charge in [0.15, 0.2) is 0 Å². The zero-order chi connectivity index (χ0) is 22.8. The summed E-state index contributed by atoms with van der Waals surface area (Å²) in [6, 6.07) is 2.36. The Balaban J connectivity index is -0.000000165. The van der Waals surface area contributed by atoms with Gasteiger partial charge in [0.2, 0.25) is 0 Å². The summed E-state index contributed by atoms with van der Waals surface area (Å²) < 4.78 is 12.8. The van der Waals surface area contributed by atoms with Crippen LogP contribution < -0.4 is 32.1 Å². The molecule has 0 atom stereocenters. The Labute approximate surface area is 197 Å². The van der Waals surface area contributed by atoms with Gasteiger partial charge in [-0.25, -0.2) is 0 Å². The van der Waals surface area contributed by atoms with Gasteiger partial charge in [0.1, 0.15) is 0 Å². The van der Waals surface area contributed by atoms with E-state index in [-0.39, 0.29) is 16.4 Å². The third-order valence-electron chi connectivity index (χ3n) is 5.51. The summed E-state index contributed by atoms with van der Waals surface area (Å²) in [5.74, 6) is -1.75. The van der Waals surface area contributed by atoms with Crippen LogP contribution in [0.3, 0.4) is 0 Å². The molecule has 0 spiro atoms. The van der Waals surface area contributed by atoms with Crippen LogP contribution in [0.1, 0.15) is 96.3 Å². The molecule has 0 unspecified atom stereocenters. The minimum absolute atomic E-state index is 0. The number of carboxylic acids is 1. The molecule has 0 aromatic heterocycles. The molecule has 3 rings (SSSR count). The second-order valence-corrected chi connectivity index (χ2v) is 9.76. The lowest BCUT2D eigenvalue weighted by Gasteiger charge is -2.28. The molecule has 0 amide bonds. The van der Waals surface area contributed by atoms with E-state index in [0.717, 1.165) is 18.1 Å². The molecular formula is C20H50N3O9P. The molecule has 3 saturated carbocycles. The molecule has 0 aromatic rings. The summed E-state index contributed by atoms with van der Waals surface area (Å²) in [5, 5.41) is 9.41. The second kappa shape index (κ2) is 24.5. The van der Waals surface area contributed by atoms with E-state index >= 15 is 0 Å². The summed E-state index contributed by atoms with van der Waals surface area (Å²) in [6.07, 6.45) is 21.1. The highest BCUT2D eigenvalue weighted by molar-refractivity contribution is 7.43. The highest BCUT2D eigenvalue weighted by Gasteiger charge is 2.10. The zero-order valence-electron chi connectivity index (χ0n) is 20.1. The van der Waals surface area contributed by atoms with Gasteiger partial charge >= 0.3 is 0 Å². The average molecular weight is 508 g/mol. The maximum Gasteiger partial charge on any atom is 0.0913 e. The summed E-state index contributed by atoms with van der Waals surface area (Å²) >= 11 is 0. The molecule has 0 aliphatic heterocycles. The van der Waals surface area contributed by atoms with Crippen LogP contribution in [0.2, 0.25) is 0 Å². The molecule has 0 aromatic carbocycles. The van der Waals surface area contributed by atoms with Gasteiger partial charge in [-0.3, -0.25) is 0 Å². The van der Waals surface area contributed by atoms with Crippen molar-refractivity contribution < 1.29 is 62.4 Å². The van der Waals surface area contributed by atoms with Crippen LogP contribution in [0.4, 0.5) is 0 Å². The SMILES string of the molecule is O.O.O.O=C([O-])COP(=O)([O-])[O-].[NH3+]C1CCCCC1.[NH3+]C1CCCCC1.[NH3+]C1CCCCC1. The predicted molar refractivity (Wildman–Crippen MR) is 119 cm³/mol. The number of aliphatic carboxylic acids is 1. The highest BCUT2D eigenvalue weighted by Crippen LogP contribution is 2.23. The molecule has 3 fully saturated rings. The molecule has 12 nitrogen and oxygen atoms in total. The van der Waals surface area contributed by atoms with Gasteiger partial charge in [-0.1, -0.05) is 19.3 Å². The number of phosphoric ester groups is 1. The van der Waals surface area contributed by atoms with Crippen LogP contribution in [0.25, 0.3) is 0 Å². The van der Waals surface area contributed by atoms with E-state index < -0.39 is 20.4 Å². The van der Waals surface area contributed by atoms with Crippen molar-refractivity contribution in [1.82, 2.24) is 0 Å². The van der Waals surface area contributed by atoms with Gasteiger partial charge in [-0.15, -0.1) is 0 Å². The van der Waals surface area contributed by atoms with Crippen LogP contribution in [0.15, 0.2) is 0 Å². The number of phosphoric acid groups is 1. The third kappa shape index (κ3) is 31.3. The highest BCUT2D eigenvalue weighted by atomic mass is 31.2. The molecule has 0 radical (unpaired) electrons. The minimum atomic E-state index is -5.14. The van der Waals surface area contributed by atoms with E-state index in [9.17, 15) is 24.3 Å². The van der Waals surface area contributed by atoms with Crippen molar-refractivity contribution in [2.45, 2.75) is 114 Å². The fourth-order valence-electron chi connectivity index (χ4n) is 3.69. The van der Waals surface area contributed by atoms with E-state index in [1.807, 2.05) is 0 Å². The molecule has 3 aliphatic rings. The molecule has 0 saturated heterocycles. The zero-order valence-corrected chi connectivity index (χ0v) is 21.0. The molecule has 3 aliphatic carbocycles. The number of quaternary nitrogens is 3. The molecule has 0 heterocycles. The molecular weight excluding hydrogens is 457 g/mol. The Morgan fingerprint density at radius 2 is 0.909 bits per heavy atom. The number of carbonyl (C=O) groups is 1. The maximum atomic E-state index is 9.49. The van der Waals surface area contributed by atoms with Gasteiger partial charge in [0, 0.05) is 0 Å². The van der Waals surface area contributed by atoms with Crippen LogP contribution >= 0.6 is 7.82 Å². The standard InChI is InChI=1S/3C6H13N.C2H5O6P.3H2O/c3*7-6-4-2-1-3-5-6;3-2(4)1-8-9(5,6)7;;;/h3*6H,1-5,7H2;1H2,(H,3,4)(H2,5,6,7);3*1H2. The van der Waals surface area contributed by atoms with Crippen LogP contribution in [0.5, 0.6) is 0 Å². The van der Waals surface area contributed by atoms with Crippen molar-refractivity contribution in [3.8, 4) is 0 Å². The Bertz CT molecular complexity index is 428. The first-order chi connectivity index (χ1) is 14.1. The van der Waals surface area contributed by atoms with Crippen molar-refractivity contribution in [3.63, 3.8) is 0 Å². The molecule has 33 heavy (non-hydrogen) atoms. The predicted octanol–water partition coefficient (Wildman–Crippen LogP) is -4.21. The van der Waals surface area contributed by atoms with Crippen LogP contribution in [0, 0.1) is 0 Å². The van der Waals surface area contributed by atoms with Gasteiger partial charge in [0.25, 0.3) is 0 Å². The van der Waals surface area contributed by atoms with Crippen molar-refractivity contribution in [2.75, 3.05) is 6.61 Å². The fourth-order valence-corrected chi connectivity index (χ4v) is 3.96. The Morgan fingerprint density at radius 1 is 0.667 bits per heavy atom. The number of carboxylic acid groups (broad SMARTS) is 1. The van der Waals surface area contributed by atoms with E-state index in [4.69, 9.17) is 0 Å². The number of carbonyl (C=O) groups excluding carboxylic acids is 1. The largest absolute Gasteiger partial charge is 0.790 e. The third-order valence-corrected chi connectivity index (χ3v) is 5.96. The Morgan fingerprint density at radius 3 is 1.00 bits per heavy atom. The van der Waals surface area contributed by atoms with Gasteiger partial charge < -0.3 is 62.4 Å². The number of rotatable bonds is 3. The molecule has 0 bridgehead atoms. The molecule has 13 heteroatoms. The van der Waals surface area contributed by atoms with Crippen molar-refractivity contribution in [2.24, 2.45) is 0 Å². The summed E-state index contributed by atoms with van der Waals surface area (Å²) in [5.41, 5.74) is 12.0. The first-order valence-corrected chi connectivity index (χ1v) is 12.9. The maximum absolute atomic E-state index is 9.49. The van der Waals surface area contributed by atoms with E-state index in [2.05, 4.69) is 21.7 Å². The van der Waals surface area contributed by atoms with Crippen molar-refractivity contribution >= 4 is 13.8 Å². The normalized spacial score (nSPS) is 19.2.